The van der Waals surface area contributed by atoms with Crippen LogP contribution in [0.3, 0.4) is 0 Å². The lowest BCUT2D eigenvalue weighted by atomic mass is 10.1. The number of anilines is 2. The Kier molecular flexibility index (Phi) is 6.62. The highest BCUT2D eigenvalue weighted by atomic mass is 35.5. The molecule has 1 amide bonds. The number of hydrogen-bond donors (Lipinski definition) is 3. The highest BCUT2D eigenvalue weighted by Crippen LogP contribution is 2.32. The van der Waals surface area contributed by atoms with Gasteiger partial charge in [-0.3, -0.25) is 4.79 Å². The van der Waals surface area contributed by atoms with E-state index in [0.29, 0.717) is 17.4 Å². The molecule has 0 aliphatic carbocycles. The molecule has 26 heavy (non-hydrogen) atoms. The van der Waals surface area contributed by atoms with E-state index in [-0.39, 0.29) is 30.4 Å². The number of amides is 1. The van der Waals surface area contributed by atoms with E-state index < -0.39 is 11.7 Å². The summed E-state index contributed by atoms with van der Waals surface area (Å²) in [4.78, 5) is 19.2. The zero-order valence-corrected chi connectivity index (χ0v) is 14.6. The number of nitrogens with one attached hydrogen (secondary N) is 3. The third-order valence-corrected chi connectivity index (χ3v) is 3.51. The van der Waals surface area contributed by atoms with Gasteiger partial charge in [0.25, 0.3) is 0 Å². The summed E-state index contributed by atoms with van der Waals surface area (Å²) in [5.74, 6) is 0.278. The zero-order valence-electron chi connectivity index (χ0n) is 13.8. The summed E-state index contributed by atoms with van der Waals surface area (Å²) in [7, 11) is 0. The van der Waals surface area contributed by atoms with Gasteiger partial charge in [0.2, 0.25) is 5.91 Å². The van der Waals surface area contributed by atoms with Crippen LogP contribution in [-0.4, -0.2) is 29.0 Å². The van der Waals surface area contributed by atoms with Crippen molar-refractivity contribution in [2.75, 3.05) is 23.7 Å². The summed E-state index contributed by atoms with van der Waals surface area (Å²) in [5.41, 5.74) is -0.884. The van der Waals surface area contributed by atoms with Crippen LogP contribution in [0.25, 0.3) is 0 Å². The van der Waals surface area contributed by atoms with Gasteiger partial charge in [-0.05, 0) is 30.7 Å². The lowest BCUT2D eigenvalue weighted by molar-refractivity contribution is -0.138. The van der Waals surface area contributed by atoms with Gasteiger partial charge in [0, 0.05) is 25.5 Å². The molecule has 0 aliphatic heterocycles. The van der Waals surface area contributed by atoms with Gasteiger partial charge in [-0.15, -0.1) is 0 Å². The number of alkyl halides is 3. The quantitative estimate of drug-likeness (QED) is 0.679. The van der Waals surface area contributed by atoms with Gasteiger partial charge >= 0.3 is 6.18 Å². The molecule has 10 heteroatoms. The van der Waals surface area contributed by atoms with Crippen LogP contribution >= 0.6 is 11.6 Å². The third-order valence-electron chi connectivity index (χ3n) is 3.29. The van der Waals surface area contributed by atoms with Crippen molar-refractivity contribution in [1.82, 2.24) is 15.3 Å². The van der Waals surface area contributed by atoms with E-state index in [1.54, 1.807) is 19.1 Å². The summed E-state index contributed by atoms with van der Waals surface area (Å²) in [6.07, 6.45) is -2.41. The summed E-state index contributed by atoms with van der Waals surface area (Å²) in [6, 6.07) is 4.39. The second-order valence-electron chi connectivity index (χ2n) is 5.25. The van der Waals surface area contributed by atoms with Gasteiger partial charge in [0.15, 0.2) is 0 Å². The Labute approximate surface area is 153 Å². The average Bonchev–Trinajstić information content (AvgIpc) is 2.59. The van der Waals surface area contributed by atoms with E-state index in [9.17, 15) is 18.0 Å². The van der Waals surface area contributed by atoms with Crippen LogP contribution in [0.4, 0.5) is 24.8 Å². The maximum absolute atomic E-state index is 13.2. The van der Waals surface area contributed by atoms with E-state index >= 15 is 0 Å². The van der Waals surface area contributed by atoms with Gasteiger partial charge < -0.3 is 16.0 Å². The SMILES string of the molecule is CCNC(=O)CNc1cc(CNc2ccc(Cl)cn2)c(C(F)(F)F)cn1. The standard InChI is InChI=1S/C16H17ClF3N5O/c1-2-21-15(26)9-25-14-5-10(12(8-24-14)16(18,19)20)6-22-13-4-3-11(17)7-23-13/h3-5,7-8H,2,6,9H2,1H3,(H,21,26)(H,22,23)(H,24,25). The molecule has 3 N–H and O–H groups in total. The molecule has 2 rings (SSSR count). The number of likely N-dealkylation sites (N-methyl/N-ethyl adjacent to an activating group) is 1. The maximum atomic E-state index is 13.2. The smallest absolute Gasteiger partial charge is 0.366 e. The summed E-state index contributed by atoms with van der Waals surface area (Å²) >= 11 is 5.73. The van der Waals surface area contributed by atoms with Crippen molar-refractivity contribution in [3.05, 3.63) is 46.7 Å². The topological polar surface area (TPSA) is 78.9 Å². The van der Waals surface area contributed by atoms with Crippen molar-refractivity contribution >= 4 is 29.1 Å². The normalized spacial score (nSPS) is 11.1. The molecular formula is C16H17ClF3N5O. The van der Waals surface area contributed by atoms with Crippen LogP contribution in [0.5, 0.6) is 0 Å². The predicted molar refractivity (Wildman–Crippen MR) is 93.0 cm³/mol. The molecule has 2 aromatic heterocycles. The van der Waals surface area contributed by atoms with Crippen molar-refractivity contribution in [3.8, 4) is 0 Å². The fourth-order valence-electron chi connectivity index (χ4n) is 2.09. The molecule has 0 spiro atoms. The van der Waals surface area contributed by atoms with Crippen LogP contribution in [0.1, 0.15) is 18.1 Å². The number of carbonyl (C=O) groups is 1. The van der Waals surface area contributed by atoms with Crippen LogP contribution in [0.15, 0.2) is 30.6 Å². The number of halogens is 4. The largest absolute Gasteiger partial charge is 0.418 e. The second kappa shape index (κ2) is 8.70. The number of aromatic nitrogens is 2. The molecule has 0 saturated heterocycles. The van der Waals surface area contributed by atoms with E-state index in [0.717, 1.165) is 6.20 Å². The first-order chi connectivity index (χ1) is 12.3. The molecule has 0 aliphatic rings. The molecule has 0 fully saturated rings. The van der Waals surface area contributed by atoms with Gasteiger partial charge in [-0.1, -0.05) is 11.6 Å². The van der Waals surface area contributed by atoms with Crippen molar-refractivity contribution in [1.29, 1.82) is 0 Å². The maximum Gasteiger partial charge on any atom is 0.418 e. The number of hydrogen-bond acceptors (Lipinski definition) is 5. The minimum Gasteiger partial charge on any atom is -0.366 e. The molecule has 6 nitrogen and oxygen atoms in total. The van der Waals surface area contributed by atoms with Crippen molar-refractivity contribution in [2.24, 2.45) is 0 Å². The lowest BCUT2D eigenvalue weighted by Gasteiger charge is -2.15. The summed E-state index contributed by atoms with van der Waals surface area (Å²) < 4.78 is 39.6. The van der Waals surface area contributed by atoms with Gasteiger partial charge in [-0.25, -0.2) is 9.97 Å². The predicted octanol–water partition coefficient (Wildman–Crippen LogP) is 3.31. The molecular weight excluding hydrogens is 371 g/mol. The summed E-state index contributed by atoms with van der Waals surface area (Å²) in [6.45, 7) is 2.02. The minimum absolute atomic E-state index is 0.0253. The highest BCUT2D eigenvalue weighted by molar-refractivity contribution is 6.30. The Morgan fingerprint density at radius 1 is 1.15 bits per heavy atom. The van der Waals surface area contributed by atoms with E-state index in [1.807, 2.05) is 0 Å². The van der Waals surface area contributed by atoms with E-state index in [1.165, 1.54) is 12.3 Å². The van der Waals surface area contributed by atoms with Crippen LogP contribution in [0, 0.1) is 0 Å². The van der Waals surface area contributed by atoms with Crippen molar-refractivity contribution in [3.63, 3.8) is 0 Å². The molecule has 0 atom stereocenters. The lowest BCUT2D eigenvalue weighted by Crippen LogP contribution is -2.29. The van der Waals surface area contributed by atoms with Crippen LogP contribution in [-0.2, 0) is 17.5 Å². The molecule has 0 bridgehead atoms. The Hall–Kier alpha value is -2.55. The zero-order chi connectivity index (χ0) is 19.2. The first-order valence-corrected chi connectivity index (χ1v) is 8.09. The summed E-state index contributed by atoms with van der Waals surface area (Å²) in [5, 5.41) is 8.51. The third kappa shape index (κ3) is 5.76. The van der Waals surface area contributed by atoms with Crippen LogP contribution in [0.2, 0.25) is 5.02 Å². The highest BCUT2D eigenvalue weighted by Gasteiger charge is 2.34. The molecule has 0 saturated carbocycles. The van der Waals surface area contributed by atoms with E-state index in [2.05, 4.69) is 25.9 Å². The van der Waals surface area contributed by atoms with Crippen molar-refractivity contribution in [2.45, 2.75) is 19.6 Å². The number of rotatable bonds is 7. The molecule has 0 aromatic carbocycles. The Bertz CT molecular complexity index is 753. The van der Waals surface area contributed by atoms with Gasteiger partial charge in [0.05, 0.1) is 17.1 Å². The number of nitrogens with zero attached hydrogens (tertiary/aromatic N) is 2. The number of carbonyl (C=O) groups excluding carboxylic acids is 1. The fraction of sp³-hybridized carbons (Fsp3) is 0.312. The Morgan fingerprint density at radius 2 is 1.88 bits per heavy atom. The van der Waals surface area contributed by atoms with Gasteiger partial charge in [-0.2, -0.15) is 13.2 Å². The monoisotopic (exact) mass is 387 g/mol. The molecule has 2 aromatic rings. The molecule has 0 radical (unpaired) electrons. The molecule has 140 valence electrons. The second-order valence-corrected chi connectivity index (χ2v) is 5.68. The fourth-order valence-corrected chi connectivity index (χ4v) is 2.20. The molecule has 2 heterocycles. The van der Waals surface area contributed by atoms with Crippen molar-refractivity contribution < 1.29 is 18.0 Å². The Balaban J connectivity index is 2.15. The van der Waals surface area contributed by atoms with Gasteiger partial charge in [0.1, 0.15) is 11.6 Å². The van der Waals surface area contributed by atoms with E-state index in [4.69, 9.17) is 11.6 Å². The Morgan fingerprint density at radius 3 is 2.50 bits per heavy atom. The first kappa shape index (κ1) is 19.8. The molecule has 0 unspecified atom stereocenters. The first-order valence-electron chi connectivity index (χ1n) is 7.71. The van der Waals surface area contributed by atoms with Crippen LogP contribution < -0.4 is 16.0 Å². The average molecular weight is 388 g/mol. The minimum atomic E-state index is -4.55. The number of pyridine rings is 2.